The molecule has 2 atom stereocenters. The van der Waals surface area contributed by atoms with E-state index >= 15 is 0 Å². The topological polar surface area (TPSA) is 95.9 Å². The molecule has 0 aliphatic rings. The summed E-state index contributed by atoms with van der Waals surface area (Å²) < 4.78 is 5.52. The van der Waals surface area contributed by atoms with Gasteiger partial charge in [0.1, 0.15) is 0 Å². The van der Waals surface area contributed by atoms with E-state index in [1.165, 1.54) is 449 Å². The average Bonchev–Trinajstić information content (AvgIpc) is 1.80. The first-order valence-corrected chi connectivity index (χ1v) is 46.2. The number of carbonyl (C=O) groups is 2. The van der Waals surface area contributed by atoms with Gasteiger partial charge in [0, 0.05) is 12.8 Å². The van der Waals surface area contributed by atoms with Crippen molar-refractivity contribution in [3.8, 4) is 0 Å². The van der Waals surface area contributed by atoms with Gasteiger partial charge in [-0.1, -0.05) is 468 Å². The zero-order chi connectivity index (χ0) is 71.9. The second-order valence-electron chi connectivity index (χ2n) is 32.0. The van der Waals surface area contributed by atoms with E-state index in [1.807, 2.05) is 0 Å². The molecule has 0 saturated carbocycles. The second kappa shape index (κ2) is 89.5. The van der Waals surface area contributed by atoms with E-state index in [2.05, 4.69) is 55.6 Å². The molecule has 6 nitrogen and oxygen atoms in total. The molecule has 0 aromatic carbocycles. The lowest BCUT2D eigenvalue weighted by Gasteiger charge is -2.22. The Morgan fingerprint density at radius 3 is 0.770 bits per heavy atom. The van der Waals surface area contributed by atoms with Crippen molar-refractivity contribution in [3.63, 3.8) is 0 Å². The lowest BCUT2D eigenvalue weighted by atomic mass is 10.0. The number of ether oxygens (including phenoxy) is 1. The molecule has 0 bridgehead atoms. The van der Waals surface area contributed by atoms with Gasteiger partial charge in [-0.2, -0.15) is 0 Å². The molecule has 592 valence electrons. The highest BCUT2D eigenvalue weighted by Gasteiger charge is 2.20. The fourth-order valence-electron chi connectivity index (χ4n) is 14.9. The SMILES string of the molecule is CCCCCCCC/C=C\CCCCCCCCCCCC(=O)OCCCCCCCCCCCCCCCCC/C=C\C/C=C\CCCCCCCCCCCCCCCCCCCC(=O)NC(CO)C(O)CCCCCCCCCCCCCCCCCCCCCCCCCCC. The van der Waals surface area contributed by atoms with Crippen LogP contribution in [-0.2, 0) is 14.3 Å². The van der Waals surface area contributed by atoms with Gasteiger partial charge in [-0.05, 0) is 83.5 Å². The standard InChI is InChI=1S/C94H181NO5/c1-3-5-7-9-11-13-15-17-19-21-23-24-25-41-44-47-51-54-58-62-66-70-74-78-82-86-92(97)91(90-96)95-93(98)87-83-79-75-71-67-63-59-55-52-48-45-42-39-37-35-33-31-29-27-26-28-30-32-34-36-38-40-43-46-49-53-57-61-65-69-73-77-81-85-89-100-94(99)88-84-80-76-72-68-64-60-56-50-22-20-18-16-14-12-10-8-6-4-2/h18,20,26-27,30,32,91-92,96-97H,3-17,19,21-25,28-29,31,33-90H2,1-2H3,(H,95,98)/b20-18-,27-26-,32-30-. The highest BCUT2D eigenvalue weighted by molar-refractivity contribution is 5.76. The van der Waals surface area contributed by atoms with Crippen LogP contribution in [0.3, 0.4) is 0 Å². The molecule has 0 spiro atoms. The summed E-state index contributed by atoms with van der Waals surface area (Å²) in [6.45, 7) is 5.01. The van der Waals surface area contributed by atoms with Crippen LogP contribution in [-0.4, -0.2) is 47.4 Å². The number of carbonyl (C=O) groups excluding carboxylic acids is 2. The Hall–Kier alpha value is -1.92. The summed E-state index contributed by atoms with van der Waals surface area (Å²) in [4.78, 5) is 24.7. The molecule has 0 aliphatic heterocycles. The number of nitrogens with one attached hydrogen (secondary N) is 1. The van der Waals surface area contributed by atoms with Crippen molar-refractivity contribution in [2.24, 2.45) is 0 Å². The maximum atomic E-state index is 12.6. The molecule has 0 aromatic rings. The molecule has 0 aliphatic carbocycles. The molecule has 6 heteroatoms. The Morgan fingerprint density at radius 1 is 0.280 bits per heavy atom. The highest BCUT2D eigenvalue weighted by atomic mass is 16.5. The number of aliphatic hydroxyl groups excluding tert-OH is 2. The summed E-state index contributed by atoms with van der Waals surface area (Å²) in [5.74, 6) is -0.00434. The summed E-state index contributed by atoms with van der Waals surface area (Å²) in [6.07, 6.45) is 119. The molecule has 1 amide bonds. The fourth-order valence-corrected chi connectivity index (χ4v) is 14.9. The van der Waals surface area contributed by atoms with Crippen LogP contribution in [0.1, 0.15) is 528 Å². The van der Waals surface area contributed by atoms with Crippen molar-refractivity contribution in [1.82, 2.24) is 5.32 Å². The number of hydrogen-bond donors (Lipinski definition) is 3. The molecular formula is C94H181NO5. The van der Waals surface area contributed by atoms with Crippen molar-refractivity contribution in [1.29, 1.82) is 0 Å². The van der Waals surface area contributed by atoms with Gasteiger partial charge in [-0.15, -0.1) is 0 Å². The molecule has 2 unspecified atom stereocenters. The molecule has 3 N–H and O–H groups in total. The fraction of sp³-hybridized carbons (Fsp3) is 0.915. The number of amides is 1. The second-order valence-corrected chi connectivity index (χ2v) is 32.0. The van der Waals surface area contributed by atoms with Crippen molar-refractivity contribution in [3.05, 3.63) is 36.5 Å². The Labute approximate surface area is 627 Å². The normalized spacial score (nSPS) is 12.6. The van der Waals surface area contributed by atoms with Gasteiger partial charge in [0.05, 0.1) is 25.4 Å². The maximum Gasteiger partial charge on any atom is 0.305 e. The number of esters is 1. The molecular weight excluding hydrogens is 1220 g/mol. The number of allylic oxidation sites excluding steroid dienone is 6. The third kappa shape index (κ3) is 85.0. The predicted molar refractivity (Wildman–Crippen MR) is 444 cm³/mol. The zero-order valence-corrected chi connectivity index (χ0v) is 68.2. The highest BCUT2D eigenvalue weighted by Crippen LogP contribution is 2.21. The van der Waals surface area contributed by atoms with Crippen molar-refractivity contribution in [2.45, 2.75) is 540 Å². The van der Waals surface area contributed by atoms with Crippen molar-refractivity contribution >= 4 is 11.9 Å². The summed E-state index contributed by atoms with van der Waals surface area (Å²) in [7, 11) is 0. The minimum Gasteiger partial charge on any atom is -0.466 e. The molecule has 0 aromatic heterocycles. The average molecular weight is 1410 g/mol. The minimum absolute atomic E-state index is 0.0211. The summed E-state index contributed by atoms with van der Waals surface area (Å²) >= 11 is 0. The van der Waals surface area contributed by atoms with Crippen molar-refractivity contribution < 1.29 is 24.5 Å². The lowest BCUT2D eigenvalue weighted by molar-refractivity contribution is -0.143. The van der Waals surface area contributed by atoms with Gasteiger partial charge in [0.15, 0.2) is 0 Å². The molecule has 0 saturated heterocycles. The van der Waals surface area contributed by atoms with Crippen LogP contribution in [0.5, 0.6) is 0 Å². The van der Waals surface area contributed by atoms with Gasteiger partial charge >= 0.3 is 5.97 Å². The van der Waals surface area contributed by atoms with Gasteiger partial charge < -0.3 is 20.3 Å². The zero-order valence-electron chi connectivity index (χ0n) is 68.2. The maximum absolute atomic E-state index is 12.6. The van der Waals surface area contributed by atoms with Crippen LogP contribution in [0.2, 0.25) is 0 Å². The van der Waals surface area contributed by atoms with Crippen molar-refractivity contribution in [2.75, 3.05) is 13.2 Å². The first kappa shape index (κ1) is 98.1. The predicted octanol–water partition coefficient (Wildman–Crippen LogP) is 31.3. The molecule has 0 rings (SSSR count). The van der Waals surface area contributed by atoms with E-state index in [0.29, 0.717) is 25.9 Å². The van der Waals surface area contributed by atoms with E-state index < -0.39 is 12.1 Å². The minimum atomic E-state index is -0.664. The van der Waals surface area contributed by atoms with E-state index in [1.54, 1.807) is 0 Å². The smallest absolute Gasteiger partial charge is 0.305 e. The number of aliphatic hydroxyl groups is 2. The van der Waals surface area contributed by atoms with Gasteiger partial charge in [0.25, 0.3) is 0 Å². The van der Waals surface area contributed by atoms with Crippen LogP contribution < -0.4 is 5.32 Å². The first-order chi connectivity index (χ1) is 49.5. The molecule has 0 fully saturated rings. The molecule has 100 heavy (non-hydrogen) atoms. The van der Waals surface area contributed by atoms with Crippen LogP contribution in [0, 0.1) is 0 Å². The number of rotatable bonds is 88. The quantitative estimate of drug-likeness (QED) is 0.0320. The third-order valence-electron chi connectivity index (χ3n) is 21.9. The monoisotopic (exact) mass is 1400 g/mol. The van der Waals surface area contributed by atoms with E-state index in [0.717, 1.165) is 44.9 Å². The largest absolute Gasteiger partial charge is 0.466 e. The number of unbranched alkanes of at least 4 members (excludes halogenated alkanes) is 71. The van der Waals surface area contributed by atoms with Crippen LogP contribution in [0.4, 0.5) is 0 Å². The van der Waals surface area contributed by atoms with E-state index in [-0.39, 0.29) is 18.5 Å². The summed E-state index contributed by atoms with van der Waals surface area (Å²) in [6, 6.07) is -0.541. The number of hydrogen-bond acceptors (Lipinski definition) is 5. The molecule has 0 radical (unpaired) electrons. The first-order valence-electron chi connectivity index (χ1n) is 46.2. The van der Waals surface area contributed by atoms with Gasteiger partial charge in [-0.25, -0.2) is 0 Å². The summed E-state index contributed by atoms with van der Waals surface area (Å²) in [5, 5.41) is 23.5. The molecule has 0 heterocycles. The Kier molecular flexibility index (Phi) is 87.8. The Morgan fingerprint density at radius 2 is 0.500 bits per heavy atom. The van der Waals surface area contributed by atoms with E-state index in [9.17, 15) is 19.8 Å². The third-order valence-corrected chi connectivity index (χ3v) is 21.9. The van der Waals surface area contributed by atoms with Gasteiger partial charge in [0.2, 0.25) is 5.91 Å². The summed E-state index contributed by atoms with van der Waals surface area (Å²) in [5.41, 5.74) is 0. The van der Waals surface area contributed by atoms with Crippen LogP contribution in [0.25, 0.3) is 0 Å². The lowest BCUT2D eigenvalue weighted by Crippen LogP contribution is -2.45. The van der Waals surface area contributed by atoms with Crippen LogP contribution >= 0.6 is 0 Å². The van der Waals surface area contributed by atoms with Crippen LogP contribution in [0.15, 0.2) is 36.5 Å². The Balaban J connectivity index is 3.35. The van der Waals surface area contributed by atoms with Gasteiger partial charge in [-0.3, -0.25) is 9.59 Å². The Bertz CT molecular complexity index is 1620. The van der Waals surface area contributed by atoms with E-state index in [4.69, 9.17) is 4.74 Å².